The molecule has 2 aromatic carbocycles. The standard InChI is InChI=1S/C21H17ClN4O3S4/c1-10(31-21-24-13-5-3-4-6-14(13)33-21)18(27)25-26-20(30)23-11-7-8-12-15(9-11)32-17(16(12)22)19(28)29-2/h3-10H,1-2H3,(H,25,27)(H2,23,26,30)/t10-/m0/s1. The molecule has 12 heteroatoms. The second-order valence-electron chi connectivity index (χ2n) is 6.72. The van der Waals surface area contributed by atoms with Crippen LogP contribution in [0, 0.1) is 0 Å². The number of carbonyl (C=O) groups excluding carboxylic acids is 2. The first-order valence-electron chi connectivity index (χ1n) is 9.55. The molecule has 170 valence electrons. The largest absolute Gasteiger partial charge is 0.465 e. The molecule has 4 rings (SSSR count). The van der Waals surface area contributed by atoms with E-state index in [0.29, 0.717) is 15.6 Å². The van der Waals surface area contributed by atoms with E-state index in [1.54, 1.807) is 30.4 Å². The number of carbonyl (C=O) groups is 2. The number of aromatic nitrogens is 1. The molecule has 1 amide bonds. The second kappa shape index (κ2) is 10.2. The van der Waals surface area contributed by atoms with Crippen LogP contribution >= 0.6 is 58.3 Å². The van der Waals surface area contributed by atoms with Gasteiger partial charge < -0.3 is 10.1 Å². The normalized spacial score (nSPS) is 11.8. The van der Waals surface area contributed by atoms with Gasteiger partial charge in [-0.2, -0.15) is 0 Å². The third-order valence-corrected chi connectivity index (χ3v) is 8.55. The van der Waals surface area contributed by atoms with Crippen LogP contribution in [0.25, 0.3) is 20.3 Å². The van der Waals surface area contributed by atoms with Gasteiger partial charge in [-0.25, -0.2) is 9.78 Å². The summed E-state index contributed by atoms with van der Waals surface area (Å²) in [5.41, 5.74) is 6.92. The molecule has 0 aliphatic heterocycles. The maximum absolute atomic E-state index is 12.5. The summed E-state index contributed by atoms with van der Waals surface area (Å²) in [6, 6.07) is 13.2. The molecule has 0 spiro atoms. The van der Waals surface area contributed by atoms with Crippen molar-refractivity contribution in [1.82, 2.24) is 15.8 Å². The molecule has 3 N–H and O–H groups in total. The van der Waals surface area contributed by atoms with E-state index < -0.39 is 5.97 Å². The molecule has 2 aromatic heterocycles. The molecule has 4 aromatic rings. The summed E-state index contributed by atoms with van der Waals surface area (Å²) in [5, 5.41) is 3.96. The number of fused-ring (bicyclic) bond motifs is 2. The van der Waals surface area contributed by atoms with E-state index in [1.165, 1.54) is 30.2 Å². The number of halogens is 1. The van der Waals surface area contributed by atoms with Gasteiger partial charge in [0.25, 0.3) is 5.91 Å². The number of nitrogens with one attached hydrogen (secondary N) is 3. The van der Waals surface area contributed by atoms with Crippen molar-refractivity contribution >= 4 is 101 Å². The third kappa shape index (κ3) is 5.39. The molecule has 0 bridgehead atoms. The minimum atomic E-state index is -0.478. The van der Waals surface area contributed by atoms with Crippen LogP contribution in [-0.2, 0) is 9.53 Å². The predicted octanol–water partition coefficient (Wildman–Crippen LogP) is 5.45. The Morgan fingerprint density at radius 1 is 1.15 bits per heavy atom. The zero-order valence-electron chi connectivity index (χ0n) is 17.3. The number of esters is 1. The summed E-state index contributed by atoms with van der Waals surface area (Å²) < 4.78 is 7.48. The van der Waals surface area contributed by atoms with E-state index in [0.717, 1.165) is 24.6 Å². The fourth-order valence-corrected chi connectivity index (χ4v) is 6.70. The number of para-hydroxylation sites is 1. The highest BCUT2D eigenvalue weighted by atomic mass is 35.5. The Hall–Kier alpha value is -2.44. The van der Waals surface area contributed by atoms with Crippen LogP contribution in [0.1, 0.15) is 16.6 Å². The minimum Gasteiger partial charge on any atom is -0.465 e. The van der Waals surface area contributed by atoms with Gasteiger partial charge in [-0.05, 0) is 49.5 Å². The Morgan fingerprint density at radius 3 is 2.70 bits per heavy atom. The van der Waals surface area contributed by atoms with Crippen LogP contribution in [0.3, 0.4) is 0 Å². The van der Waals surface area contributed by atoms with Crippen molar-refractivity contribution < 1.29 is 14.3 Å². The van der Waals surface area contributed by atoms with Crippen molar-refractivity contribution in [3.8, 4) is 0 Å². The van der Waals surface area contributed by atoms with Crippen molar-refractivity contribution in [1.29, 1.82) is 0 Å². The molecular weight excluding hydrogens is 520 g/mol. The Balaban J connectivity index is 1.33. The predicted molar refractivity (Wildman–Crippen MR) is 141 cm³/mol. The first-order valence-corrected chi connectivity index (χ1v) is 12.8. The van der Waals surface area contributed by atoms with Crippen molar-refractivity contribution in [3.63, 3.8) is 0 Å². The van der Waals surface area contributed by atoms with E-state index in [2.05, 4.69) is 21.2 Å². The Labute approximate surface area is 211 Å². The summed E-state index contributed by atoms with van der Waals surface area (Å²) >= 11 is 15.7. The van der Waals surface area contributed by atoms with Crippen molar-refractivity contribution in [2.24, 2.45) is 0 Å². The number of thioether (sulfide) groups is 1. The molecule has 33 heavy (non-hydrogen) atoms. The van der Waals surface area contributed by atoms with Crippen molar-refractivity contribution in [2.45, 2.75) is 16.5 Å². The average Bonchev–Trinajstić information content (AvgIpc) is 3.36. The van der Waals surface area contributed by atoms with E-state index in [-0.39, 0.29) is 16.3 Å². The lowest BCUT2D eigenvalue weighted by Crippen LogP contribution is -2.46. The first kappa shape index (κ1) is 23.7. The number of hydrazine groups is 1. The number of ether oxygens (including phenoxy) is 1. The lowest BCUT2D eigenvalue weighted by Gasteiger charge is -2.14. The summed E-state index contributed by atoms with van der Waals surface area (Å²) in [7, 11) is 1.31. The van der Waals surface area contributed by atoms with E-state index in [9.17, 15) is 9.59 Å². The highest BCUT2D eigenvalue weighted by molar-refractivity contribution is 8.02. The fourth-order valence-electron chi connectivity index (χ4n) is 2.86. The number of amides is 1. The number of methoxy groups -OCH3 is 1. The Kier molecular flexibility index (Phi) is 7.35. The number of thiazole rings is 1. The fraction of sp³-hybridized carbons (Fsp3) is 0.143. The van der Waals surface area contributed by atoms with Gasteiger partial charge in [-0.1, -0.05) is 35.5 Å². The van der Waals surface area contributed by atoms with E-state index in [1.807, 2.05) is 30.3 Å². The molecule has 0 unspecified atom stereocenters. The second-order valence-corrected chi connectivity index (χ2v) is 11.2. The molecule has 0 aliphatic carbocycles. The van der Waals surface area contributed by atoms with E-state index >= 15 is 0 Å². The summed E-state index contributed by atoms with van der Waals surface area (Å²) in [4.78, 5) is 29.2. The molecule has 0 saturated heterocycles. The smallest absolute Gasteiger partial charge is 0.349 e. The van der Waals surface area contributed by atoms with Crippen LogP contribution in [0.4, 0.5) is 5.69 Å². The van der Waals surface area contributed by atoms with Gasteiger partial charge in [0.1, 0.15) is 4.88 Å². The molecular formula is C21H17ClN4O3S4. The number of hydrogen-bond acceptors (Lipinski definition) is 8. The summed E-state index contributed by atoms with van der Waals surface area (Å²) in [6.45, 7) is 1.80. The van der Waals surface area contributed by atoms with Gasteiger partial charge in [0.05, 0.1) is 27.6 Å². The highest BCUT2D eigenvalue weighted by Crippen LogP contribution is 2.37. The minimum absolute atomic E-state index is 0.218. The molecule has 0 radical (unpaired) electrons. The molecule has 2 heterocycles. The number of thiocarbonyl (C=S) groups is 1. The van der Waals surface area contributed by atoms with Crippen LogP contribution < -0.4 is 16.2 Å². The Bertz CT molecular complexity index is 1340. The topological polar surface area (TPSA) is 92.4 Å². The third-order valence-electron chi connectivity index (χ3n) is 4.48. The average molecular weight is 537 g/mol. The molecule has 0 saturated carbocycles. The van der Waals surface area contributed by atoms with Gasteiger partial charge in [-0.15, -0.1) is 22.7 Å². The summed E-state index contributed by atoms with van der Waals surface area (Å²) in [5.74, 6) is -0.708. The van der Waals surface area contributed by atoms with Crippen LogP contribution in [0.5, 0.6) is 0 Å². The number of rotatable bonds is 5. The lowest BCUT2D eigenvalue weighted by atomic mass is 10.2. The van der Waals surface area contributed by atoms with Gasteiger partial charge in [0.15, 0.2) is 9.45 Å². The molecule has 1 atom stereocenters. The lowest BCUT2D eigenvalue weighted by molar-refractivity contribution is -0.120. The molecule has 0 fully saturated rings. The van der Waals surface area contributed by atoms with Gasteiger partial charge in [-0.3, -0.25) is 15.6 Å². The number of anilines is 1. The first-order chi connectivity index (χ1) is 15.9. The number of nitrogens with zero attached hydrogens (tertiary/aromatic N) is 1. The highest BCUT2D eigenvalue weighted by Gasteiger charge is 2.19. The molecule has 0 aliphatic rings. The van der Waals surface area contributed by atoms with Crippen LogP contribution in [-0.4, -0.2) is 34.3 Å². The van der Waals surface area contributed by atoms with Crippen molar-refractivity contribution in [2.75, 3.05) is 12.4 Å². The SMILES string of the molecule is COC(=O)c1sc2cc(NC(=S)NNC(=O)[C@H](C)Sc3nc4ccccc4s3)ccc2c1Cl. The maximum atomic E-state index is 12.5. The molecule has 7 nitrogen and oxygen atoms in total. The monoisotopic (exact) mass is 536 g/mol. The quantitative estimate of drug-likeness (QED) is 0.134. The van der Waals surface area contributed by atoms with Crippen molar-refractivity contribution in [3.05, 3.63) is 52.4 Å². The van der Waals surface area contributed by atoms with Gasteiger partial charge in [0, 0.05) is 15.8 Å². The van der Waals surface area contributed by atoms with Crippen LogP contribution in [0.15, 0.2) is 46.8 Å². The zero-order chi connectivity index (χ0) is 23.5. The zero-order valence-corrected chi connectivity index (χ0v) is 21.3. The Morgan fingerprint density at radius 2 is 1.94 bits per heavy atom. The van der Waals surface area contributed by atoms with E-state index in [4.69, 9.17) is 28.6 Å². The number of thiophene rings is 1. The maximum Gasteiger partial charge on any atom is 0.349 e. The van der Waals surface area contributed by atoms with Crippen LogP contribution in [0.2, 0.25) is 5.02 Å². The van der Waals surface area contributed by atoms with Gasteiger partial charge >= 0.3 is 5.97 Å². The van der Waals surface area contributed by atoms with Gasteiger partial charge in [0.2, 0.25) is 0 Å². The number of benzene rings is 2. The summed E-state index contributed by atoms with van der Waals surface area (Å²) in [6.07, 6.45) is 0. The number of hydrogen-bond donors (Lipinski definition) is 3.